The fourth-order valence-corrected chi connectivity index (χ4v) is 4.35. The Kier molecular flexibility index (Phi) is 5.12. The van der Waals surface area contributed by atoms with Gasteiger partial charge in [0.15, 0.2) is 0 Å². The second kappa shape index (κ2) is 7.85. The molecule has 1 saturated carbocycles. The minimum Gasteiger partial charge on any atom is -0.351 e. The van der Waals surface area contributed by atoms with E-state index in [4.69, 9.17) is 4.98 Å². The van der Waals surface area contributed by atoms with Crippen LogP contribution in [0.25, 0.3) is 11.3 Å². The minimum atomic E-state index is -0.488. The van der Waals surface area contributed by atoms with Crippen molar-refractivity contribution in [1.82, 2.24) is 15.0 Å². The fourth-order valence-electron chi connectivity index (χ4n) is 3.47. The third kappa shape index (κ3) is 3.99. The van der Waals surface area contributed by atoms with Gasteiger partial charge in [-0.25, -0.2) is 15.0 Å². The molecular formula is C21H21N5S. The number of nitrogens with one attached hydrogen (secondary N) is 1. The average molecular weight is 376 g/mol. The quantitative estimate of drug-likeness (QED) is 0.685. The first-order chi connectivity index (χ1) is 13.2. The highest BCUT2D eigenvalue weighted by Crippen LogP contribution is 2.30. The van der Waals surface area contributed by atoms with Crippen LogP contribution >= 0.6 is 11.3 Å². The van der Waals surface area contributed by atoms with Crippen molar-refractivity contribution in [2.75, 3.05) is 5.32 Å². The van der Waals surface area contributed by atoms with Crippen molar-refractivity contribution in [3.63, 3.8) is 0 Å². The number of hydrogen-bond acceptors (Lipinski definition) is 6. The van der Waals surface area contributed by atoms with Crippen molar-refractivity contribution in [3.05, 3.63) is 58.2 Å². The summed E-state index contributed by atoms with van der Waals surface area (Å²) < 4.78 is 0. The van der Waals surface area contributed by atoms with Gasteiger partial charge in [0.1, 0.15) is 10.9 Å². The number of hydrogen-bond donors (Lipinski definition) is 1. The molecule has 0 bridgehead atoms. The molecule has 0 radical (unpaired) electrons. The first-order valence-electron chi connectivity index (χ1n) is 9.25. The molecule has 1 fully saturated rings. The summed E-state index contributed by atoms with van der Waals surface area (Å²) >= 11 is 1.50. The van der Waals surface area contributed by atoms with E-state index in [-0.39, 0.29) is 0 Å². The maximum atomic E-state index is 9.81. The Morgan fingerprint density at radius 1 is 1.15 bits per heavy atom. The standard InChI is InChI=1S/C21H21N5S/c1-14-11-18(26-21(23-14)24-16-9-5-6-10-16)17(12-22)20-25-19(13-27-20)15-7-3-2-4-8-15/h2-4,7-8,11,13,16-17H,5-6,9-10H2,1H3,(H,23,24,26). The highest BCUT2D eigenvalue weighted by Gasteiger charge is 2.22. The van der Waals surface area contributed by atoms with E-state index in [1.54, 1.807) is 0 Å². The van der Waals surface area contributed by atoms with E-state index in [0.29, 0.717) is 17.7 Å². The summed E-state index contributed by atoms with van der Waals surface area (Å²) in [5.74, 6) is 0.135. The lowest BCUT2D eigenvalue weighted by Gasteiger charge is -2.14. The van der Waals surface area contributed by atoms with Gasteiger partial charge in [-0.2, -0.15) is 5.26 Å². The zero-order valence-electron chi connectivity index (χ0n) is 15.2. The number of benzene rings is 1. The third-order valence-corrected chi connectivity index (χ3v) is 5.74. The van der Waals surface area contributed by atoms with Gasteiger partial charge in [0.2, 0.25) is 5.95 Å². The van der Waals surface area contributed by atoms with Gasteiger partial charge in [-0.1, -0.05) is 43.2 Å². The van der Waals surface area contributed by atoms with Gasteiger partial charge in [0.25, 0.3) is 0 Å². The van der Waals surface area contributed by atoms with Gasteiger partial charge in [0, 0.05) is 22.7 Å². The van der Waals surface area contributed by atoms with E-state index >= 15 is 0 Å². The van der Waals surface area contributed by atoms with Crippen LogP contribution in [0.2, 0.25) is 0 Å². The summed E-state index contributed by atoms with van der Waals surface area (Å²) in [7, 11) is 0. The maximum Gasteiger partial charge on any atom is 0.223 e. The molecule has 1 aliphatic carbocycles. The molecule has 2 heterocycles. The Balaban J connectivity index is 1.62. The first-order valence-corrected chi connectivity index (χ1v) is 10.1. The van der Waals surface area contributed by atoms with Crippen molar-refractivity contribution < 1.29 is 0 Å². The minimum absolute atomic E-state index is 0.435. The summed E-state index contributed by atoms with van der Waals surface area (Å²) in [6, 6.07) is 14.7. The molecule has 1 N–H and O–H groups in total. The molecule has 6 heteroatoms. The maximum absolute atomic E-state index is 9.81. The van der Waals surface area contributed by atoms with Crippen LogP contribution in [-0.2, 0) is 0 Å². The van der Waals surface area contributed by atoms with Crippen LogP contribution in [0.1, 0.15) is 48.0 Å². The number of aromatic nitrogens is 3. The molecule has 0 amide bonds. The number of thiazole rings is 1. The van der Waals surface area contributed by atoms with Crippen LogP contribution in [0.5, 0.6) is 0 Å². The lowest BCUT2D eigenvalue weighted by atomic mass is 10.1. The van der Waals surface area contributed by atoms with E-state index in [1.807, 2.05) is 48.7 Å². The molecule has 136 valence electrons. The molecule has 4 rings (SSSR count). The van der Waals surface area contributed by atoms with E-state index in [9.17, 15) is 5.26 Å². The highest BCUT2D eigenvalue weighted by molar-refractivity contribution is 7.10. The van der Waals surface area contributed by atoms with Crippen molar-refractivity contribution in [1.29, 1.82) is 5.26 Å². The molecule has 0 saturated heterocycles. The summed E-state index contributed by atoms with van der Waals surface area (Å²) in [6.45, 7) is 1.94. The Morgan fingerprint density at radius 2 is 1.93 bits per heavy atom. The monoisotopic (exact) mass is 375 g/mol. The summed E-state index contributed by atoms with van der Waals surface area (Å²) in [4.78, 5) is 13.9. The summed E-state index contributed by atoms with van der Waals surface area (Å²) in [5.41, 5.74) is 3.52. The largest absolute Gasteiger partial charge is 0.351 e. The van der Waals surface area contributed by atoms with Crippen LogP contribution < -0.4 is 5.32 Å². The molecule has 1 unspecified atom stereocenters. The zero-order chi connectivity index (χ0) is 18.6. The molecule has 1 aliphatic rings. The second-order valence-electron chi connectivity index (χ2n) is 6.88. The van der Waals surface area contributed by atoms with Gasteiger partial charge in [-0.3, -0.25) is 0 Å². The smallest absolute Gasteiger partial charge is 0.223 e. The van der Waals surface area contributed by atoms with Gasteiger partial charge in [-0.05, 0) is 25.8 Å². The molecule has 2 aromatic heterocycles. The van der Waals surface area contributed by atoms with Crippen LogP contribution in [0.4, 0.5) is 5.95 Å². The van der Waals surface area contributed by atoms with E-state index in [2.05, 4.69) is 21.4 Å². The predicted molar refractivity (Wildman–Crippen MR) is 108 cm³/mol. The molecule has 1 aromatic carbocycles. The lowest BCUT2D eigenvalue weighted by molar-refractivity contribution is 0.739. The average Bonchev–Trinajstić information content (AvgIpc) is 3.35. The topological polar surface area (TPSA) is 74.5 Å². The number of nitrogens with zero attached hydrogens (tertiary/aromatic N) is 4. The van der Waals surface area contributed by atoms with Crippen molar-refractivity contribution in [2.45, 2.75) is 44.6 Å². The molecule has 1 atom stereocenters. The molecule has 5 nitrogen and oxygen atoms in total. The normalized spacial score (nSPS) is 15.4. The molecular weight excluding hydrogens is 354 g/mol. The van der Waals surface area contributed by atoms with Crippen molar-refractivity contribution in [2.24, 2.45) is 0 Å². The third-order valence-electron chi connectivity index (χ3n) is 4.83. The van der Waals surface area contributed by atoms with Gasteiger partial charge in [-0.15, -0.1) is 11.3 Å². The first kappa shape index (κ1) is 17.6. The van der Waals surface area contributed by atoms with Gasteiger partial charge in [0.05, 0.1) is 17.5 Å². The molecule has 0 aliphatic heterocycles. The van der Waals surface area contributed by atoms with Crippen molar-refractivity contribution >= 4 is 17.3 Å². The Bertz CT molecular complexity index is 954. The zero-order valence-corrected chi connectivity index (χ0v) is 16.0. The number of aryl methyl sites for hydroxylation is 1. The number of anilines is 1. The summed E-state index contributed by atoms with van der Waals surface area (Å²) in [5, 5.41) is 16.0. The van der Waals surface area contributed by atoms with Crippen LogP contribution in [-0.4, -0.2) is 21.0 Å². The Hall–Kier alpha value is -2.78. The lowest BCUT2D eigenvalue weighted by Crippen LogP contribution is -2.18. The van der Waals surface area contributed by atoms with Gasteiger partial charge < -0.3 is 5.32 Å². The predicted octanol–water partition coefficient (Wildman–Crippen LogP) is 4.92. The SMILES string of the molecule is Cc1cc(C(C#N)c2nc(-c3ccccc3)cs2)nc(NC2CCCC2)n1. The molecule has 0 spiro atoms. The van der Waals surface area contributed by atoms with Crippen molar-refractivity contribution in [3.8, 4) is 17.3 Å². The Labute approximate surface area is 163 Å². The Morgan fingerprint density at radius 3 is 2.67 bits per heavy atom. The van der Waals surface area contributed by atoms with Crippen LogP contribution in [0.15, 0.2) is 41.8 Å². The van der Waals surface area contributed by atoms with Crippen LogP contribution in [0.3, 0.4) is 0 Å². The fraction of sp³-hybridized carbons (Fsp3) is 0.333. The number of nitriles is 1. The molecule has 27 heavy (non-hydrogen) atoms. The van der Waals surface area contributed by atoms with E-state index in [1.165, 1.54) is 24.2 Å². The number of rotatable bonds is 5. The second-order valence-corrected chi connectivity index (χ2v) is 7.77. The van der Waals surface area contributed by atoms with E-state index < -0.39 is 5.92 Å². The van der Waals surface area contributed by atoms with E-state index in [0.717, 1.165) is 34.8 Å². The summed E-state index contributed by atoms with van der Waals surface area (Å²) in [6.07, 6.45) is 4.81. The van der Waals surface area contributed by atoms with Crippen LogP contribution in [0, 0.1) is 18.3 Å². The highest BCUT2D eigenvalue weighted by atomic mass is 32.1. The molecule has 3 aromatic rings. The van der Waals surface area contributed by atoms with Gasteiger partial charge >= 0.3 is 0 Å².